The first kappa shape index (κ1) is 12.1. The molecule has 0 unspecified atom stereocenters. The van der Waals surface area contributed by atoms with Gasteiger partial charge in [0.1, 0.15) is 0 Å². The zero-order valence-corrected chi connectivity index (χ0v) is 10.1. The standard InChI is InChI=1S/C14H14N2O2/c1-11-2-6-13(7-3-11)15-10-12-4-8-14(9-5-12)16(17)18/h2-9,15H,10H2,1H3. The molecule has 2 aromatic rings. The van der Waals surface area contributed by atoms with Crippen molar-refractivity contribution in [3.05, 3.63) is 69.8 Å². The predicted molar refractivity (Wildman–Crippen MR) is 71.6 cm³/mol. The molecule has 0 aromatic heterocycles. The highest BCUT2D eigenvalue weighted by molar-refractivity contribution is 5.45. The van der Waals surface area contributed by atoms with Crippen molar-refractivity contribution in [2.24, 2.45) is 0 Å². The summed E-state index contributed by atoms with van der Waals surface area (Å²) in [6, 6.07) is 14.7. The lowest BCUT2D eigenvalue weighted by Crippen LogP contribution is -1.99. The zero-order valence-electron chi connectivity index (χ0n) is 10.1. The Morgan fingerprint density at radius 1 is 1.06 bits per heavy atom. The number of non-ortho nitro benzene ring substituents is 1. The topological polar surface area (TPSA) is 55.2 Å². The van der Waals surface area contributed by atoms with Crippen molar-refractivity contribution >= 4 is 11.4 Å². The molecule has 2 aromatic carbocycles. The lowest BCUT2D eigenvalue weighted by molar-refractivity contribution is -0.384. The van der Waals surface area contributed by atoms with Crippen LogP contribution in [0.1, 0.15) is 11.1 Å². The number of anilines is 1. The minimum absolute atomic E-state index is 0.120. The van der Waals surface area contributed by atoms with Crippen LogP contribution in [0.4, 0.5) is 11.4 Å². The highest BCUT2D eigenvalue weighted by atomic mass is 16.6. The maximum atomic E-state index is 10.5. The van der Waals surface area contributed by atoms with Gasteiger partial charge in [-0.2, -0.15) is 0 Å². The van der Waals surface area contributed by atoms with Crippen LogP contribution in [-0.2, 0) is 6.54 Å². The first-order chi connectivity index (χ1) is 8.65. The first-order valence-electron chi connectivity index (χ1n) is 5.69. The average molecular weight is 242 g/mol. The van der Waals surface area contributed by atoms with Crippen molar-refractivity contribution in [3.63, 3.8) is 0 Å². The van der Waals surface area contributed by atoms with E-state index >= 15 is 0 Å². The normalized spacial score (nSPS) is 10.1. The summed E-state index contributed by atoms with van der Waals surface area (Å²) in [5, 5.41) is 13.8. The quantitative estimate of drug-likeness (QED) is 0.659. The summed E-state index contributed by atoms with van der Waals surface area (Å²) in [7, 11) is 0. The van der Waals surface area contributed by atoms with Gasteiger partial charge in [0.2, 0.25) is 0 Å². The monoisotopic (exact) mass is 242 g/mol. The molecular formula is C14H14N2O2. The fourth-order valence-electron chi connectivity index (χ4n) is 1.61. The van der Waals surface area contributed by atoms with E-state index in [2.05, 4.69) is 5.32 Å². The Hall–Kier alpha value is -2.36. The minimum atomic E-state index is -0.392. The Morgan fingerprint density at radius 2 is 1.67 bits per heavy atom. The second-order valence-corrected chi connectivity index (χ2v) is 4.14. The fourth-order valence-corrected chi connectivity index (χ4v) is 1.61. The van der Waals surface area contributed by atoms with E-state index < -0.39 is 4.92 Å². The summed E-state index contributed by atoms with van der Waals surface area (Å²) in [5.74, 6) is 0. The van der Waals surface area contributed by atoms with Gasteiger partial charge in [-0.05, 0) is 24.6 Å². The number of aryl methyl sites for hydroxylation is 1. The molecule has 0 spiro atoms. The van der Waals surface area contributed by atoms with Crippen LogP contribution < -0.4 is 5.32 Å². The van der Waals surface area contributed by atoms with Gasteiger partial charge < -0.3 is 5.32 Å². The molecule has 0 radical (unpaired) electrons. The fraction of sp³-hybridized carbons (Fsp3) is 0.143. The predicted octanol–water partition coefficient (Wildman–Crippen LogP) is 3.52. The van der Waals surface area contributed by atoms with E-state index in [0.717, 1.165) is 11.3 Å². The summed E-state index contributed by atoms with van der Waals surface area (Å²) in [6.07, 6.45) is 0. The molecule has 0 bridgehead atoms. The molecule has 1 N–H and O–H groups in total. The van der Waals surface area contributed by atoms with E-state index in [1.807, 2.05) is 31.2 Å². The lowest BCUT2D eigenvalue weighted by Gasteiger charge is -2.06. The first-order valence-corrected chi connectivity index (χ1v) is 5.69. The van der Waals surface area contributed by atoms with Crippen molar-refractivity contribution in [1.82, 2.24) is 0 Å². The van der Waals surface area contributed by atoms with Gasteiger partial charge in [-0.1, -0.05) is 29.8 Å². The number of nitrogens with zero attached hydrogens (tertiary/aromatic N) is 1. The van der Waals surface area contributed by atoms with Crippen molar-refractivity contribution in [3.8, 4) is 0 Å². The molecule has 4 nitrogen and oxygen atoms in total. The Kier molecular flexibility index (Phi) is 3.57. The average Bonchev–Trinajstić information content (AvgIpc) is 2.38. The molecule has 0 amide bonds. The third-order valence-electron chi connectivity index (χ3n) is 2.70. The van der Waals surface area contributed by atoms with Crippen LogP contribution in [-0.4, -0.2) is 4.92 Å². The molecular weight excluding hydrogens is 228 g/mol. The highest BCUT2D eigenvalue weighted by Crippen LogP contribution is 2.14. The van der Waals surface area contributed by atoms with Gasteiger partial charge in [-0.15, -0.1) is 0 Å². The van der Waals surface area contributed by atoms with Crippen LogP contribution in [0.5, 0.6) is 0 Å². The number of nitrogens with one attached hydrogen (secondary N) is 1. The maximum Gasteiger partial charge on any atom is 0.269 e. The summed E-state index contributed by atoms with van der Waals surface area (Å²) >= 11 is 0. The molecule has 0 heterocycles. The molecule has 0 saturated heterocycles. The van der Waals surface area contributed by atoms with E-state index in [-0.39, 0.29) is 5.69 Å². The Morgan fingerprint density at radius 3 is 2.22 bits per heavy atom. The largest absolute Gasteiger partial charge is 0.381 e. The second-order valence-electron chi connectivity index (χ2n) is 4.14. The minimum Gasteiger partial charge on any atom is -0.381 e. The van der Waals surface area contributed by atoms with Crippen LogP contribution in [0, 0.1) is 17.0 Å². The Bertz CT molecular complexity index is 533. The Labute approximate surface area is 105 Å². The molecule has 18 heavy (non-hydrogen) atoms. The third kappa shape index (κ3) is 3.07. The van der Waals surface area contributed by atoms with Crippen LogP contribution in [0.15, 0.2) is 48.5 Å². The van der Waals surface area contributed by atoms with Crippen molar-refractivity contribution in [1.29, 1.82) is 0 Å². The summed E-state index contributed by atoms with van der Waals surface area (Å²) in [4.78, 5) is 10.1. The van der Waals surface area contributed by atoms with Crippen molar-refractivity contribution in [2.75, 3.05) is 5.32 Å². The second kappa shape index (κ2) is 5.31. The van der Waals surface area contributed by atoms with Gasteiger partial charge >= 0.3 is 0 Å². The van der Waals surface area contributed by atoms with Gasteiger partial charge in [-0.25, -0.2) is 0 Å². The van der Waals surface area contributed by atoms with E-state index in [1.54, 1.807) is 12.1 Å². The molecule has 0 fully saturated rings. The summed E-state index contributed by atoms with van der Waals surface area (Å²) < 4.78 is 0. The number of nitro benzene ring substituents is 1. The van der Waals surface area contributed by atoms with Crippen molar-refractivity contribution in [2.45, 2.75) is 13.5 Å². The lowest BCUT2D eigenvalue weighted by atomic mass is 10.2. The van der Waals surface area contributed by atoms with E-state index in [1.165, 1.54) is 17.7 Å². The molecule has 0 saturated carbocycles. The molecule has 0 aliphatic carbocycles. The van der Waals surface area contributed by atoms with Gasteiger partial charge in [0.15, 0.2) is 0 Å². The van der Waals surface area contributed by atoms with Crippen molar-refractivity contribution < 1.29 is 4.92 Å². The SMILES string of the molecule is Cc1ccc(NCc2ccc([N+](=O)[O-])cc2)cc1. The van der Waals surface area contributed by atoms with Gasteiger partial charge in [-0.3, -0.25) is 10.1 Å². The number of benzene rings is 2. The van der Waals surface area contributed by atoms with Crippen LogP contribution in [0.2, 0.25) is 0 Å². The highest BCUT2D eigenvalue weighted by Gasteiger charge is 2.03. The molecule has 92 valence electrons. The third-order valence-corrected chi connectivity index (χ3v) is 2.70. The summed E-state index contributed by atoms with van der Waals surface area (Å²) in [5.41, 5.74) is 3.39. The molecule has 4 heteroatoms. The smallest absolute Gasteiger partial charge is 0.269 e. The number of rotatable bonds is 4. The van der Waals surface area contributed by atoms with Crippen LogP contribution in [0.3, 0.4) is 0 Å². The van der Waals surface area contributed by atoms with E-state index in [4.69, 9.17) is 0 Å². The number of hydrogen-bond acceptors (Lipinski definition) is 3. The van der Waals surface area contributed by atoms with Crippen LogP contribution in [0.25, 0.3) is 0 Å². The van der Waals surface area contributed by atoms with E-state index in [9.17, 15) is 10.1 Å². The van der Waals surface area contributed by atoms with Crippen LogP contribution >= 0.6 is 0 Å². The Balaban J connectivity index is 1.97. The zero-order chi connectivity index (χ0) is 13.0. The molecule has 0 aliphatic heterocycles. The summed E-state index contributed by atoms with van der Waals surface area (Å²) in [6.45, 7) is 2.70. The molecule has 2 rings (SSSR count). The number of nitro groups is 1. The molecule has 0 aliphatic rings. The number of hydrogen-bond donors (Lipinski definition) is 1. The van der Waals surface area contributed by atoms with Gasteiger partial charge in [0, 0.05) is 24.4 Å². The van der Waals surface area contributed by atoms with E-state index in [0.29, 0.717) is 6.54 Å². The maximum absolute atomic E-state index is 10.5. The molecule has 0 atom stereocenters. The van der Waals surface area contributed by atoms with Gasteiger partial charge in [0.25, 0.3) is 5.69 Å². The van der Waals surface area contributed by atoms with Gasteiger partial charge in [0.05, 0.1) is 4.92 Å².